The number of rotatable bonds is 3. The van der Waals surface area contributed by atoms with Gasteiger partial charge in [0.15, 0.2) is 5.69 Å². The highest BCUT2D eigenvalue weighted by molar-refractivity contribution is 5.92. The van der Waals surface area contributed by atoms with Gasteiger partial charge in [-0.25, -0.2) is 5.43 Å². The van der Waals surface area contributed by atoms with Crippen LogP contribution in [0.3, 0.4) is 0 Å². The number of nitrogens with one attached hydrogen (secondary N) is 2. The fourth-order valence-corrected chi connectivity index (χ4v) is 4.04. The Morgan fingerprint density at radius 3 is 2.58 bits per heavy atom. The second-order valence-electron chi connectivity index (χ2n) is 7.93. The van der Waals surface area contributed by atoms with Gasteiger partial charge in [-0.2, -0.15) is 5.10 Å². The molecule has 8 nitrogen and oxygen atoms in total. The lowest BCUT2D eigenvalue weighted by molar-refractivity contribution is -0.134. The summed E-state index contributed by atoms with van der Waals surface area (Å²) in [7, 11) is 0. The molecule has 4 rings (SSSR count). The number of carbonyl (C=O) groups is 2. The second kappa shape index (κ2) is 7.00. The Balaban J connectivity index is 1.41. The highest BCUT2D eigenvalue weighted by atomic mass is 16.2. The van der Waals surface area contributed by atoms with Gasteiger partial charge in [-0.1, -0.05) is 13.8 Å². The fourth-order valence-electron chi connectivity index (χ4n) is 4.04. The Morgan fingerprint density at radius 1 is 1.12 bits per heavy atom. The van der Waals surface area contributed by atoms with Crippen molar-refractivity contribution in [2.75, 3.05) is 19.6 Å². The third-order valence-corrected chi connectivity index (χ3v) is 5.76. The van der Waals surface area contributed by atoms with Gasteiger partial charge in [0.25, 0.3) is 5.91 Å². The van der Waals surface area contributed by atoms with E-state index < -0.39 is 0 Å². The summed E-state index contributed by atoms with van der Waals surface area (Å²) in [5.74, 6) is 0.631. The summed E-state index contributed by atoms with van der Waals surface area (Å²) < 4.78 is 1.88. The smallest absolute Gasteiger partial charge is 0.274 e. The van der Waals surface area contributed by atoms with Gasteiger partial charge < -0.3 is 9.80 Å². The van der Waals surface area contributed by atoms with Gasteiger partial charge >= 0.3 is 0 Å². The van der Waals surface area contributed by atoms with Crippen LogP contribution >= 0.6 is 0 Å². The molecule has 0 bridgehead atoms. The van der Waals surface area contributed by atoms with Gasteiger partial charge in [0.2, 0.25) is 5.91 Å². The van der Waals surface area contributed by atoms with E-state index in [1.54, 1.807) is 0 Å². The van der Waals surface area contributed by atoms with Crippen molar-refractivity contribution in [3.8, 4) is 0 Å². The van der Waals surface area contributed by atoms with Crippen molar-refractivity contribution >= 4 is 11.8 Å². The van der Waals surface area contributed by atoms with Crippen LogP contribution in [0.4, 0.5) is 0 Å². The van der Waals surface area contributed by atoms with Gasteiger partial charge in [-0.3, -0.25) is 19.7 Å². The average molecular weight is 360 g/mol. The molecule has 1 aromatic heterocycles. The Bertz CT molecular complexity index is 694. The first-order valence-electron chi connectivity index (χ1n) is 9.69. The van der Waals surface area contributed by atoms with Crippen LogP contribution in [0.15, 0.2) is 6.07 Å². The van der Waals surface area contributed by atoms with Crippen molar-refractivity contribution in [3.05, 3.63) is 17.5 Å². The molecule has 2 amide bonds. The zero-order valence-corrected chi connectivity index (χ0v) is 15.6. The second-order valence-corrected chi connectivity index (χ2v) is 7.93. The molecular formula is C18H28N6O2. The van der Waals surface area contributed by atoms with Crippen LogP contribution in [-0.4, -0.2) is 63.1 Å². The number of aromatic nitrogens is 2. The molecule has 26 heavy (non-hydrogen) atoms. The minimum atomic E-state index is -0.178. The molecule has 0 spiro atoms. The van der Waals surface area contributed by atoms with E-state index in [0.29, 0.717) is 37.3 Å². The summed E-state index contributed by atoms with van der Waals surface area (Å²) in [6.45, 7) is 7.75. The van der Waals surface area contributed by atoms with Crippen molar-refractivity contribution < 1.29 is 9.59 Å². The topological polar surface area (TPSA) is 82.5 Å². The maximum absolute atomic E-state index is 12.8. The van der Waals surface area contributed by atoms with E-state index in [2.05, 4.69) is 29.8 Å². The number of nitrogens with zero attached hydrogens (tertiary/aromatic N) is 4. The molecule has 2 N–H and O–H groups in total. The largest absolute Gasteiger partial charge is 0.337 e. The van der Waals surface area contributed by atoms with Crippen molar-refractivity contribution in [2.45, 2.75) is 58.3 Å². The molecule has 142 valence electrons. The molecule has 1 aromatic rings. The Labute approximate surface area is 153 Å². The van der Waals surface area contributed by atoms with Gasteiger partial charge in [-0.15, -0.1) is 0 Å². The summed E-state index contributed by atoms with van der Waals surface area (Å²) in [4.78, 5) is 29.1. The first-order valence-corrected chi connectivity index (χ1v) is 9.69. The van der Waals surface area contributed by atoms with E-state index in [9.17, 15) is 9.59 Å². The molecule has 2 saturated heterocycles. The molecule has 2 atom stereocenters. The molecular weight excluding hydrogens is 332 g/mol. The maximum atomic E-state index is 12.8. The lowest BCUT2D eigenvalue weighted by Gasteiger charge is -2.29. The number of carbonyl (C=O) groups excluding carboxylic acids is 2. The predicted octanol–water partition coefficient (Wildman–Crippen LogP) is 0.352. The summed E-state index contributed by atoms with van der Waals surface area (Å²) in [6, 6.07) is 2.00. The molecule has 3 aliphatic rings. The standard InChI is InChI=1S/C18H28N6O2/c1-12(2)14-10-15(20-19-14)17(25)23-7-8-24-13(11-23)9-16(21-24)18(26)22-5-3-4-6-22/h9,12,14-15,19-20H,3-8,10-11H2,1-2H3. The van der Waals surface area contributed by atoms with E-state index in [1.807, 2.05) is 20.5 Å². The normalized spacial score (nSPS) is 25.8. The third kappa shape index (κ3) is 3.23. The molecule has 0 radical (unpaired) electrons. The molecule has 0 aliphatic carbocycles. The number of hydrogen-bond acceptors (Lipinski definition) is 5. The van der Waals surface area contributed by atoms with Crippen LogP contribution in [0.2, 0.25) is 0 Å². The van der Waals surface area contributed by atoms with E-state index in [-0.39, 0.29) is 17.9 Å². The number of amides is 2. The minimum Gasteiger partial charge on any atom is -0.337 e. The van der Waals surface area contributed by atoms with Crippen molar-refractivity contribution in [1.29, 1.82) is 0 Å². The van der Waals surface area contributed by atoms with Gasteiger partial charge in [0.05, 0.1) is 18.8 Å². The minimum absolute atomic E-state index is 0.0173. The predicted molar refractivity (Wildman–Crippen MR) is 96.1 cm³/mol. The lowest BCUT2D eigenvalue weighted by Crippen LogP contribution is -2.48. The van der Waals surface area contributed by atoms with Crippen LogP contribution in [0, 0.1) is 5.92 Å². The zero-order chi connectivity index (χ0) is 18.3. The molecule has 4 heterocycles. The summed E-state index contributed by atoms with van der Waals surface area (Å²) >= 11 is 0. The summed E-state index contributed by atoms with van der Waals surface area (Å²) in [5.41, 5.74) is 7.83. The van der Waals surface area contributed by atoms with E-state index >= 15 is 0 Å². The van der Waals surface area contributed by atoms with Gasteiger partial charge in [-0.05, 0) is 31.2 Å². The Morgan fingerprint density at radius 2 is 1.88 bits per heavy atom. The molecule has 0 aromatic carbocycles. The molecule has 2 unspecified atom stereocenters. The zero-order valence-electron chi connectivity index (χ0n) is 15.6. The average Bonchev–Trinajstić information content (AvgIpc) is 3.39. The first kappa shape index (κ1) is 17.5. The quantitative estimate of drug-likeness (QED) is 0.813. The molecule has 2 fully saturated rings. The number of fused-ring (bicyclic) bond motifs is 1. The van der Waals surface area contributed by atoms with Crippen molar-refractivity contribution in [3.63, 3.8) is 0 Å². The Kier molecular flexibility index (Phi) is 4.71. The van der Waals surface area contributed by atoms with E-state index in [1.165, 1.54) is 0 Å². The third-order valence-electron chi connectivity index (χ3n) is 5.76. The van der Waals surface area contributed by atoms with Gasteiger partial charge in [0.1, 0.15) is 6.04 Å². The maximum Gasteiger partial charge on any atom is 0.274 e. The highest BCUT2D eigenvalue weighted by Crippen LogP contribution is 2.20. The number of likely N-dealkylation sites (tertiary alicyclic amines) is 1. The van der Waals surface area contributed by atoms with Crippen LogP contribution in [0.25, 0.3) is 0 Å². The lowest BCUT2D eigenvalue weighted by atomic mass is 9.99. The highest BCUT2D eigenvalue weighted by Gasteiger charge is 2.35. The van der Waals surface area contributed by atoms with E-state index in [4.69, 9.17) is 0 Å². The van der Waals surface area contributed by atoms with Crippen molar-refractivity contribution in [2.24, 2.45) is 5.92 Å². The Hall–Kier alpha value is -1.93. The van der Waals surface area contributed by atoms with Crippen LogP contribution in [-0.2, 0) is 17.9 Å². The molecule has 3 aliphatic heterocycles. The van der Waals surface area contributed by atoms with Crippen molar-refractivity contribution in [1.82, 2.24) is 30.4 Å². The molecule has 0 saturated carbocycles. The molecule has 8 heteroatoms. The van der Waals surface area contributed by atoms with Gasteiger partial charge in [0, 0.05) is 25.7 Å². The summed E-state index contributed by atoms with van der Waals surface area (Å²) in [5, 5.41) is 4.48. The summed E-state index contributed by atoms with van der Waals surface area (Å²) in [6.07, 6.45) is 2.95. The number of hydrogen-bond donors (Lipinski definition) is 2. The fraction of sp³-hybridized carbons (Fsp3) is 0.722. The monoisotopic (exact) mass is 360 g/mol. The number of hydrazine groups is 1. The van der Waals surface area contributed by atoms with E-state index in [0.717, 1.165) is 38.0 Å². The SMILES string of the molecule is CC(C)C1CC(C(=O)N2CCn3nc(C(=O)N4CCCC4)cc3C2)NN1. The van der Waals surface area contributed by atoms with Crippen LogP contribution < -0.4 is 10.9 Å². The first-order chi connectivity index (χ1) is 12.5. The van der Waals surface area contributed by atoms with Crippen LogP contribution in [0.1, 0.15) is 49.3 Å². The van der Waals surface area contributed by atoms with Crippen LogP contribution in [0.5, 0.6) is 0 Å².